The molecule has 0 spiro atoms. The zero-order valence-electron chi connectivity index (χ0n) is 7.88. The van der Waals surface area contributed by atoms with Gasteiger partial charge in [-0.1, -0.05) is 35.0 Å². The first-order chi connectivity index (χ1) is 7.13. The van der Waals surface area contributed by atoms with Crippen LogP contribution >= 0.6 is 23.2 Å². The Labute approximate surface area is 97.4 Å². The maximum atomic E-state index is 10.7. The van der Waals surface area contributed by atoms with Crippen LogP contribution in [0.5, 0.6) is 0 Å². The maximum Gasteiger partial charge on any atom is 0.317 e. The van der Waals surface area contributed by atoms with Crippen LogP contribution in [0.3, 0.4) is 0 Å². The van der Waals surface area contributed by atoms with Gasteiger partial charge in [0.1, 0.15) is 11.6 Å². The minimum atomic E-state index is -0.379. The summed E-state index contributed by atoms with van der Waals surface area (Å²) in [7, 11) is 1.31. The van der Waals surface area contributed by atoms with Crippen molar-refractivity contribution in [1.82, 2.24) is 4.98 Å². The molecule has 0 atom stereocenters. The predicted octanol–water partition coefficient (Wildman–Crippen LogP) is 2.30. The molecule has 0 aliphatic carbocycles. The van der Waals surface area contributed by atoms with E-state index in [0.29, 0.717) is 10.6 Å². The first-order valence-corrected chi connectivity index (χ1v) is 4.76. The molecule has 1 aromatic heterocycles. The van der Waals surface area contributed by atoms with Gasteiger partial charge in [0.25, 0.3) is 0 Å². The lowest BCUT2D eigenvalue weighted by Crippen LogP contribution is -1.97. The highest BCUT2D eigenvalue weighted by atomic mass is 35.5. The Balaban J connectivity index is 2.72. The molecule has 0 bridgehead atoms. The Morgan fingerprint density at radius 2 is 2.33 bits per heavy atom. The van der Waals surface area contributed by atoms with Crippen LogP contribution in [0.2, 0.25) is 10.2 Å². The van der Waals surface area contributed by atoms with E-state index in [0.717, 1.165) is 0 Å². The zero-order valence-corrected chi connectivity index (χ0v) is 9.39. The third-order valence-corrected chi connectivity index (χ3v) is 2.18. The average molecular weight is 244 g/mol. The molecule has 15 heavy (non-hydrogen) atoms. The summed E-state index contributed by atoms with van der Waals surface area (Å²) >= 11 is 11.4. The number of pyridine rings is 1. The molecule has 0 radical (unpaired) electrons. The Bertz CT molecular complexity index is 435. The molecule has 0 unspecified atom stereocenters. The number of aromatic nitrogens is 1. The van der Waals surface area contributed by atoms with Crippen LogP contribution < -0.4 is 0 Å². The number of methoxy groups -OCH3 is 1. The first kappa shape index (κ1) is 11.8. The minimum Gasteiger partial charge on any atom is -0.468 e. The van der Waals surface area contributed by atoms with Crippen molar-refractivity contribution in [3.63, 3.8) is 0 Å². The van der Waals surface area contributed by atoms with E-state index in [9.17, 15) is 4.79 Å². The zero-order chi connectivity index (χ0) is 11.3. The molecule has 0 saturated carbocycles. The number of hydrogen-bond acceptors (Lipinski definition) is 3. The van der Waals surface area contributed by atoms with Gasteiger partial charge >= 0.3 is 5.97 Å². The van der Waals surface area contributed by atoms with Crippen LogP contribution in [0.1, 0.15) is 12.0 Å². The van der Waals surface area contributed by atoms with E-state index in [2.05, 4.69) is 21.6 Å². The molecule has 0 fully saturated rings. The summed E-state index contributed by atoms with van der Waals surface area (Å²) in [5.74, 6) is 4.98. The van der Waals surface area contributed by atoms with Crippen molar-refractivity contribution in [2.45, 2.75) is 6.42 Å². The summed E-state index contributed by atoms with van der Waals surface area (Å²) in [6.07, 6.45) is 1.52. The van der Waals surface area contributed by atoms with E-state index in [1.807, 2.05) is 0 Å². The van der Waals surface area contributed by atoms with Crippen molar-refractivity contribution >= 4 is 29.2 Å². The van der Waals surface area contributed by atoms with Gasteiger partial charge in [-0.3, -0.25) is 4.79 Å². The predicted molar refractivity (Wildman–Crippen MR) is 57.8 cm³/mol. The molecule has 0 aliphatic rings. The van der Waals surface area contributed by atoms with E-state index in [-0.39, 0.29) is 17.5 Å². The lowest BCUT2D eigenvalue weighted by Gasteiger charge is -1.94. The normalized spacial score (nSPS) is 9.00. The molecular weight excluding hydrogens is 237 g/mol. The fourth-order valence-corrected chi connectivity index (χ4v) is 1.05. The Morgan fingerprint density at radius 3 is 2.93 bits per heavy atom. The highest BCUT2D eigenvalue weighted by molar-refractivity contribution is 6.41. The molecule has 1 rings (SSSR count). The van der Waals surface area contributed by atoms with Crippen LogP contribution in [0, 0.1) is 11.8 Å². The molecule has 0 aromatic carbocycles. The largest absolute Gasteiger partial charge is 0.468 e. The number of esters is 1. The molecule has 0 N–H and O–H groups in total. The lowest BCUT2D eigenvalue weighted by molar-refractivity contribution is -0.139. The van der Waals surface area contributed by atoms with Gasteiger partial charge in [-0.05, 0) is 6.07 Å². The topological polar surface area (TPSA) is 39.2 Å². The average Bonchev–Trinajstić information content (AvgIpc) is 2.23. The standard InChI is InChI=1S/C10H7Cl2NO2/c1-15-9(14)4-2-3-7-5-8(11)10(12)13-6-7/h5-6H,4H2,1H3. The van der Waals surface area contributed by atoms with Gasteiger partial charge in [0.05, 0.1) is 12.1 Å². The molecule has 78 valence electrons. The summed E-state index contributed by atoms with van der Waals surface area (Å²) < 4.78 is 4.43. The van der Waals surface area contributed by atoms with Crippen molar-refractivity contribution < 1.29 is 9.53 Å². The Kier molecular flexibility index (Phi) is 4.41. The summed E-state index contributed by atoms with van der Waals surface area (Å²) in [6.45, 7) is 0. The number of nitrogens with zero attached hydrogens (tertiary/aromatic N) is 1. The number of carbonyl (C=O) groups is 1. The summed E-state index contributed by atoms with van der Waals surface area (Å²) in [4.78, 5) is 14.5. The van der Waals surface area contributed by atoms with Crippen LogP contribution in [0.15, 0.2) is 12.3 Å². The van der Waals surface area contributed by atoms with Gasteiger partial charge in [0.2, 0.25) is 0 Å². The number of hydrogen-bond donors (Lipinski definition) is 0. The van der Waals surface area contributed by atoms with E-state index < -0.39 is 0 Å². The molecule has 5 heteroatoms. The van der Waals surface area contributed by atoms with Gasteiger partial charge < -0.3 is 4.74 Å². The van der Waals surface area contributed by atoms with Gasteiger partial charge in [-0.25, -0.2) is 4.98 Å². The molecule has 3 nitrogen and oxygen atoms in total. The number of ether oxygens (including phenoxy) is 1. The molecule has 0 saturated heterocycles. The molecule has 1 heterocycles. The summed E-state index contributed by atoms with van der Waals surface area (Å²) in [5, 5.41) is 0.566. The van der Waals surface area contributed by atoms with Gasteiger partial charge in [0, 0.05) is 11.8 Å². The quantitative estimate of drug-likeness (QED) is 0.432. The smallest absolute Gasteiger partial charge is 0.317 e. The molecule has 0 aliphatic heterocycles. The van der Waals surface area contributed by atoms with Crippen molar-refractivity contribution in [1.29, 1.82) is 0 Å². The molecular formula is C10H7Cl2NO2. The van der Waals surface area contributed by atoms with E-state index in [4.69, 9.17) is 23.2 Å². The van der Waals surface area contributed by atoms with Gasteiger partial charge in [-0.15, -0.1) is 0 Å². The fourth-order valence-electron chi connectivity index (χ4n) is 0.780. The van der Waals surface area contributed by atoms with E-state index >= 15 is 0 Å². The van der Waals surface area contributed by atoms with Crippen LogP contribution in [0.25, 0.3) is 0 Å². The number of rotatable bonds is 1. The second kappa shape index (κ2) is 5.59. The van der Waals surface area contributed by atoms with Crippen molar-refractivity contribution in [3.8, 4) is 11.8 Å². The molecule has 0 amide bonds. The third kappa shape index (κ3) is 3.78. The minimum absolute atomic E-state index is 0.0384. The summed E-state index contributed by atoms with van der Waals surface area (Å²) in [5.41, 5.74) is 0.605. The highest BCUT2D eigenvalue weighted by Gasteiger charge is 1.98. The van der Waals surface area contributed by atoms with E-state index in [1.54, 1.807) is 6.07 Å². The maximum absolute atomic E-state index is 10.7. The van der Waals surface area contributed by atoms with Crippen molar-refractivity contribution in [2.24, 2.45) is 0 Å². The Hall–Kier alpha value is -1.24. The highest BCUT2D eigenvalue weighted by Crippen LogP contribution is 2.18. The van der Waals surface area contributed by atoms with Crippen LogP contribution in [-0.2, 0) is 9.53 Å². The van der Waals surface area contributed by atoms with Gasteiger partial charge in [-0.2, -0.15) is 0 Å². The second-order valence-corrected chi connectivity index (χ2v) is 3.32. The van der Waals surface area contributed by atoms with E-state index in [1.165, 1.54) is 13.3 Å². The molecule has 1 aromatic rings. The third-order valence-electron chi connectivity index (χ3n) is 1.49. The number of halogens is 2. The fraction of sp³-hybridized carbons (Fsp3) is 0.200. The summed E-state index contributed by atoms with van der Waals surface area (Å²) in [6, 6.07) is 1.58. The first-order valence-electron chi connectivity index (χ1n) is 4.00. The van der Waals surface area contributed by atoms with Crippen LogP contribution in [-0.4, -0.2) is 18.1 Å². The number of carbonyl (C=O) groups excluding carboxylic acids is 1. The lowest BCUT2D eigenvalue weighted by atomic mass is 10.3. The second-order valence-electron chi connectivity index (χ2n) is 2.55. The Morgan fingerprint density at radius 1 is 1.60 bits per heavy atom. The monoisotopic (exact) mass is 243 g/mol. The van der Waals surface area contributed by atoms with Crippen molar-refractivity contribution in [3.05, 3.63) is 28.0 Å². The SMILES string of the molecule is COC(=O)CC#Cc1cnc(Cl)c(Cl)c1. The van der Waals surface area contributed by atoms with Crippen LogP contribution in [0.4, 0.5) is 0 Å². The van der Waals surface area contributed by atoms with Gasteiger partial charge in [0.15, 0.2) is 0 Å². The van der Waals surface area contributed by atoms with Crippen molar-refractivity contribution in [2.75, 3.05) is 7.11 Å².